The summed E-state index contributed by atoms with van der Waals surface area (Å²) in [7, 11) is 3.55. The minimum Gasteiger partial charge on any atom is -0.497 e. The molecule has 0 fully saturated rings. The number of hydrogen-bond donors (Lipinski definition) is 1. The van der Waals surface area contributed by atoms with Crippen LogP contribution in [0.15, 0.2) is 36.5 Å². The first-order valence-electron chi connectivity index (χ1n) is 10.1. The quantitative estimate of drug-likeness (QED) is 0.520. The third-order valence-electron chi connectivity index (χ3n) is 5.62. The standard InChI is InChI=1S/C23H26N6O2/c1-14-20(16(3)28(4)26-14)12-25-21(30)13-29-23-22(15(2)27-29)19(10-11-24-23)17-6-8-18(31-5)9-7-17/h6-11H,12-13H2,1-5H3,(H,25,30). The number of benzene rings is 1. The maximum absolute atomic E-state index is 12.7. The van der Waals surface area contributed by atoms with Crippen LogP contribution in [-0.4, -0.2) is 37.6 Å². The fourth-order valence-electron chi connectivity index (χ4n) is 3.86. The second-order valence-electron chi connectivity index (χ2n) is 7.58. The number of hydrogen-bond acceptors (Lipinski definition) is 5. The van der Waals surface area contributed by atoms with E-state index in [1.165, 1.54) is 0 Å². The summed E-state index contributed by atoms with van der Waals surface area (Å²) in [4.78, 5) is 17.2. The van der Waals surface area contributed by atoms with E-state index in [1.54, 1.807) is 18.0 Å². The molecule has 8 nitrogen and oxygen atoms in total. The van der Waals surface area contributed by atoms with E-state index in [1.807, 2.05) is 62.8 Å². The zero-order valence-corrected chi connectivity index (χ0v) is 18.4. The summed E-state index contributed by atoms with van der Waals surface area (Å²) in [6.45, 7) is 6.42. The second kappa shape index (κ2) is 8.22. The maximum atomic E-state index is 12.7. The highest BCUT2D eigenvalue weighted by atomic mass is 16.5. The largest absolute Gasteiger partial charge is 0.497 e. The molecule has 1 amide bonds. The highest BCUT2D eigenvalue weighted by Gasteiger charge is 2.17. The summed E-state index contributed by atoms with van der Waals surface area (Å²) in [5.74, 6) is 0.681. The molecule has 0 spiro atoms. The Kier molecular flexibility index (Phi) is 5.46. The molecule has 0 saturated heterocycles. The molecule has 0 atom stereocenters. The molecular formula is C23H26N6O2. The van der Waals surface area contributed by atoms with Crippen LogP contribution in [0, 0.1) is 20.8 Å². The molecule has 3 heterocycles. The number of nitrogens with one attached hydrogen (secondary N) is 1. The van der Waals surface area contributed by atoms with Gasteiger partial charge in [0.2, 0.25) is 5.91 Å². The minimum atomic E-state index is -0.122. The fraction of sp³-hybridized carbons (Fsp3) is 0.304. The Bertz CT molecular complexity index is 1250. The topological polar surface area (TPSA) is 86.9 Å². The molecule has 0 radical (unpaired) electrons. The lowest BCUT2D eigenvalue weighted by atomic mass is 10.0. The fourth-order valence-corrected chi connectivity index (χ4v) is 3.86. The third-order valence-corrected chi connectivity index (χ3v) is 5.62. The molecule has 4 aromatic rings. The van der Waals surface area contributed by atoms with E-state index in [9.17, 15) is 4.79 Å². The summed E-state index contributed by atoms with van der Waals surface area (Å²) >= 11 is 0. The van der Waals surface area contributed by atoms with E-state index in [0.29, 0.717) is 12.2 Å². The third kappa shape index (κ3) is 3.88. The molecule has 160 valence electrons. The van der Waals surface area contributed by atoms with Crippen molar-refractivity contribution in [3.05, 3.63) is 59.2 Å². The smallest absolute Gasteiger partial charge is 0.242 e. The normalized spacial score (nSPS) is 11.1. The van der Waals surface area contributed by atoms with Gasteiger partial charge in [0.1, 0.15) is 12.3 Å². The number of ether oxygens (including phenoxy) is 1. The minimum absolute atomic E-state index is 0.0990. The predicted molar refractivity (Wildman–Crippen MR) is 119 cm³/mol. The van der Waals surface area contributed by atoms with E-state index >= 15 is 0 Å². The average molecular weight is 419 g/mol. The molecule has 1 aromatic carbocycles. The van der Waals surface area contributed by atoms with Gasteiger partial charge in [-0.25, -0.2) is 9.67 Å². The summed E-state index contributed by atoms with van der Waals surface area (Å²) in [6.07, 6.45) is 1.75. The van der Waals surface area contributed by atoms with E-state index < -0.39 is 0 Å². The van der Waals surface area contributed by atoms with Crippen molar-refractivity contribution in [3.63, 3.8) is 0 Å². The molecule has 0 saturated carbocycles. The molecule has 3 aromatic heterocycles. The summed E-state index contributed by atoms with van der Waals surface area (Å²) in [5, 5.41) is 12.9. The van der Waals surface area contributed by atoms with Gasteiger partial charge in [-0.15, -0.1) is 0 Å². The number of nitrogens with zero attached hydrogens (tertiary/aromatic N) is 5. The van der Waals surface area contributed by atoms with E-state index in [0.717, 1.165) is 44.9 Å². The molecule has 4 rings (SSSR count). The van der Waals surface area contributed by atoms with Gasteiger partial charge in [-0.1, -0.05) is 12.1 Å². The molecule has 31 heavy (non-hydrogen) atoms. The van der Waals surface area contributed by atoms with Crippen molar-refractivity contribution in [2.75, 3.05) is 7.11 Å². The van der Waals surface area contributed by atoms with E-state index in [4.69, 9.17) is 4.74 Å². The van der Waals surface area contributed by atoms with Gasteiger partial charge < -0.3 is 10.1 Å². The monoisotopic (exact) mass is 418 g/mol. The number of pyridine rings is 1. The van der Waals surface area contributed by atoms with Crippen molar-refractivity contribution in [2.24, 2.45) is 7.05 Å². The van der Waals surface area contributed by atoms with Gasteiger partial charge in [-0.3, -0.25) is 9.48 Å². The van der Waals surface area contributed by atoms with Crippen LogP contribution in [0.4, 0.5) is 0 Å². The zero-order chi connectivity index (χ0) is 22.1. The maximum Gasteiger partial charge on any atom is 0.242 e. The Labute approximate surface area is 180 Å². The van der Waals surface area contributed by atoms with Gasteiger partial charge in [0.25, 0.3) is 0 Å². The highest BCUT2D eigenvalue weighted by molar-refractivity contribution is 5.95. The first-order valence-corrected chi connectivity index (χ1v) is 10.1. The number of fused-ring (bicyclic) bond motifs is 1. The van der Waals surface area contributed by atoms with Crippen LogP contribution in [0.5, 0.6) is 5.75 Å². The van der Waals surface area contributed by atoms with E-state index in [2.05, 4.69) is 20.5 Å². The lowest BCUT2D eigenvalue weighted by Crippen LogP contribution is -2.28. The van der Waals surface area contributed by atoms with Crippen molar-refractivity contribution in [3.8, 4) is 16.9 Å². The Balaban J connectivity index is 1.58. The van der Waals surface area contributed by atoms with Gasteiger partial charge in [0.15, 0.2) is 5.65 Å². The zero-order valence-electron chi connectivity index (χ0n) is 18.4. The van der Waals surface area contributed by atoms with Crippen LogP contribution in [0.25, 0.3) is 22.2 Å². The Morgan fingerprint density at radius 3 is 2.45 bits per heavy atom. The van der Waals surface area contributed by atoms with Gasteiger partial charge in [0, 0.05) is 36.4 Å². The molecule has 0 aliphatic carbocycles. The number of rotatable bonds is 6. The average Bonchev–Trinajstić information content (AvgIpc) is 3.21. The number of carbonyl (C=O) groups excluding carboxylic acids is 1. The summed E-state index contributed by atoms with van der Waals surface area (Å²) < 4.78 is 8.74. The van der Waals surface area contributed by atoms with Crippen molar-refractivity contribution in [1.29, 1.82) is 0 Å². The lowest BCUT2D eigenvalue weighted by molar-refractivity contribution is -0.121. The Hall–Kier alpha value is -3.68. The van der Waals surface area contributed by atoms with Crippen LogP contribution in [-0.2, 0) is 24.9 Å². The summed E-state index contributed by atoms with van der Waals surface area (Å²) in [5.41, 5.74) is 6.60. The Morgan fingerprint density at radius 1 is 1.06 bits per heavy atom. The lowest BCUT2D eigenvalue weighted by Gasteiger charge is -2.08. The number of amides is 1. The SMILES string of the molecule is COc1ccc(-c2ccnc3c2c(C)nn3CC(=O)NCc2c(C)nn(C)c2C)cc1. The van der Waals surface area contributed by atoms with Gasteiger partial charge in [-0.2, -0.15) is 10.2 Å². The predicted octanol–water partition coefficient (Wildman–Crippen LogP) is 3.08. The number of aromatic nitrogens is 5. The van der Waals surface area contributed by atoms with Crippen molar-refractivity contribution < 1.29 is 9.53 Å². The first-order chi connectivity index (χ1) is 14.9. The first kappa shape index (κ1) is 20.6. The van der Waals surface area contributed by atoms with Crippen molar-refractivity contribution in [1.82, 2.24) is 29.9 Å². The molecule has 0 aliphatic heterocycles. The van der Waals surface area contributed by atoms with Gasteiger partial charge >= 0.3 is 0 Å². The van der Waals surface area contributed by atoms with Crippen LogP contribution >= 0.6 is 0 Å². The molecule has 0 aliphatic rings. The number of methoxy groups -OCH3 is 1. The van der Waals surface area contributed by atoms with Crippen LogP contribution in [0.3, 0.4) is 0 Å². The number of carbonyl (C=O) groups is 1. The molecular weight excluding hydrogens is 392 g/mol. The summed E-state index contributed by atoms with van der Waals surface area (Å²) in [6, 6.07) is 9.84. The molecule has 0 bridgehead atoms. The van der Waals surface area contributed by atoms with Gasteiger partial charge in [0.05, 0.1) is 18.5 Å². The second-order valence-corrected chi connectivity index (χ2v) is 7.58. The molecule has 1 N–H and O–H groups in total. The van der Waals surface area contributed by atoms with Crippen molar-refractivity contribution in [2.45, 2.75) is 33.9 Å². The highest BCUT2D eigenvalue weighted by Crippen LogP contribution is 2.30. The van der Waals surface area contributed by atoms with Crippen LogP contribution in [0.2, 0.25) is 0 Å². The van der Waals surface area contributed by atoms with Crippen molar-refractivity contribution >= 4 is 16.9 Å². The van der Waals surface area contributed by atoms with Crippen LogP contribution in [0.1, 0.15) is 22.6 Å². The Morgan fingerprint density at radius 2 is 1.81 bits per heavy atom. The molecule has 8 heteroatoms. The van der Waals surface area contributed by atoms with Gasteiger partial charge in [-0.05, 0) is 50.1 Å². The van der Waals surface area contributed by atoms with E-state index in [-0.39, 0.29) is 12.5 Å². The number of aryl methyl sites for hydroxylation is 3. The van der Waals surface area contributed by atoms with Crippen LogP contribution < -0.4 is 10.1 Å². The molecule has 0 unspecified atom stereocenters.